The number of nitrogens with zero attached hydrogens (tertiary/aromatic N) is 4. The van der Waals surface area contributed by atoms with E-state index >= 15 is 0 Å². The molecule has 23 heavy (non-hydrogen) atoms. The molecule has 5 heteroatoms. The van der Waals surface area contributed by atoms with Crippen molar-refractivity contribution in [3.63, 3.8) is 0 Å². The summed E-state index contributed by atoms with van der Waals surface area (Å²) in [4.78, 5) is 4.26. The van der Waals surface area contributed by atoms with Gasteiger partial charge in [-0.05, 0) is 36.4 Å². The van der Waals surface area contributed by atoms with Crippen molar-refractivity contribution >= 4 is 11.4 Å². The zero-order chi connectivity index (χ0) is 16.2. The third-order valence-corrected chi connectivity index (χ3v) is 4.06. The number of para-hydroxylation sites is 1. The standard InChI is InChI=1S/C18H15FN4/c19-16-4-6-17(7-5-16)22-8-10-23(11-9-22)18-14(12-20)2-1-3-15(18)13-21/h1-7H,8-11H2. The van der Waals surface area contributed by atoms with E-state index in [2.05, 4.69) is 21.9 Å². The van der Waals surface area contributed by atoms with E-state index in [9.17, 15) is 14.9 Å². The van der Waals surface area contributed by atoms with Crippen molar-refractivity contribution in [2.45, 2.75) is 0 Å². The van der Waals surface area contributed by atoms with Crippen LogP contribution in [0, 0.1) is 28.5 Å². The lowest BCUT2D eigenvalue weighted by Crippen LogP contribution is -2.47. The largest absolute Gasteiger partial charge is 0.368 e. The summed E-state index contributed by atoms with van der Waals surface area (Å²) >= 11 is 0. The van der Waals surface area contributed by atoms with Crippen LogP contribution in [0.25, 0.3) is 0 Å². The monoisotopic (exact) mass is 306 g/mol. The molecule has 2 aromatic carbocycles. The Balaban J connectivity index is 1.79. The van der Waals surface area contributed by atoms with Crippen molar-refractivity contribution in [3.05, 3.63) is 59.4 Å². The van der Waals surface area contributed by atoms with E-state index < -0.39 is 0 Å². The van der Waals surface area contributed by atoms with Gasteiger partial charge in [0, 0.05) is 31.9 Å². The molecule has 0 atom stereocenters. The lowest BCUT2D eigenvalue weighted by Gasteiger charge is -2.38. The Bertz CT molecular complexity index is 746. The van der Waals surface area contributed by atoms with Crippen LogP contribution in [-0.4, -0.2) is 26.2 Å². The van der Waals surface area contributed by atoms with Crippen LogP contribution >= 0.6 is 0 Å². The zero-order valence-corrected chi connectivity index (χ0v) is 12.5. The van der Waals surface area contributed by atoms with Gasteiger partial charge in [0.25, 0.3) is 0 Å². The Morgan fingerprint density at radius 3 is 1.83 bits per heavy atom. The number of nitriles is 2. The first-order valence-corrected chi connectivity index (χ1v) is 7.41. The van der Waals surface area contributed by atoms with Gasteiger partial charge in [-0.3, -0.25) is 0 Å². The first-order chi connectivity index (χ1) is 11.2. The summed E-state index contributed by atoms with van der Waals surface area (Å²) in [6, 6.07) is 16.0. The van der Waals surface area contributed by atoms with Gasteiger partial charge in [-0.15, -0.1) is 0 Å². The van der Waals surface area contributed by atoms with Crippen molar-refractivity contribution in [2.75, 3.05) is 36.0 Å². The topological polar surface area (TPSA) is 54.1 Å². The van der Waals surface area contributed by atoms with E-state index in [1.54, 1.807) is 30.3 Å². The second kappa shape index (κ2) is 6.37. The molecular weight excluding hydrogens is 291 g/mol. The summed E-state index contributed by atoms with van der Waals surface area (Å²) in [6.45, 7) is 2.95. The van der Waals surface area contributed by atoms with Gasteiger partial charge < -0.3 is 9.80 Å². The molecule has 114 valence electrons. The van der Waals surface area contributed by atoms with Crippen molar-refractivity contribution in [2.24, 2.45) is 0 Å². The molecule has 1 heterocycles. The highest BCUT2D eigenvalue weighted by Gasteiger charge is 2.22. The van der Waals surface area contributed by atoms with Crippen LogP contribution < -0.4 is 9.80 Å². The first-order valence-electron chi connectivity index (χ1n) is 7.41. The van der Waals surface area contributed by atoms with Crippen molar-refractivity contribution < 1.29 is 4.39 Å². The molecule has 0 N–H and O–H groups in total. The third kappa shape index (κ3) is 2.95. The van der Waals surface area contributed by atoms with Crippen LogP contribution in [0.15, 0.2) is 42.5 Å². The first kappa shape index (κ1) is 14.9. The minimum absolute atomic E-state index is 0.242. The van der Waals surface area contributed by atoms with Gasteiger partial charge in [0.2, 0.25) is 0 Å². The van der Waals surface area contributed by atoms with Gasteiger partial charge in [0.05, 0.1) is 16.8 Å². The average Bonchev–Trinajstić information content (AvgIpc) is 2.62. The fraction of sp³-hybridized carbons (Fsp3) is 0.222. The molecule has 4 nitrogen and oxygen atoms in total. The smallest absolute Gasteiger partial charge is 0.123 e. The highest BCUT2D eigenvalue weighted by atomic mass is 19.1. The Morgan fingerprint density at radius 2 is 1.30 bits per heavy atom. The maximum Gasteiger partial charge on any atom is 0.123 e. The molecule has 0 aromatic heterocycles. The van der Waals surface area contributed by atoms with Gasteiger partial charge in [-0.2, -0.15) is 10.5 Å². The molecule has 0 spiro atoms. The Labute approximate surface area is 134 Å². The Kier molecular flexibility index (Phi) is 4.12. The average molecular weight is 306 g/mol. The Hall–Kier alpha value is -3.05. The molecule has 1 saturated heterocycles. The normalized spacial score (nSPS) is 14.2. The predicted molar refractivity (Wildman–Crippen MR) is 86.7 cm³/mol. The second-order valence-corrected chi connectivity index (χ2v) is 5.38. The zero-order valence-electron chi connectivity index (χ0n) is 12.5. The summed E-state index contributed by atoms with van der Waals surface area (Å²) in [7, 11) is 0. The van der Waals surface area contributed by atoms with Gasteiger partial charge in [0.1, 0.15) is 18.0 Å². The number of piperazine rings is 1. The van der Waals surface area contributed by atoms with E-state index in [1.807, 2.05) is 0 Å². The SMILES string of the molecule is N#Cc1cccc(C#N)c1N1CCN(c2ccc(F)cc2)CC1. The molecule has 0 unspecified atom stereocenters. The molecule has 1 aliphatic rings. The van der Waals surface area contributed by atoms with E-state index in [4.69, 9.17) is 0 Å². The molecule has 3 rings (SSSR count). The molecular formula is C18H15FN4. The molecule has 0 radical (unpaired) electrons. The van der Waals surface area contributed by atoms with Crippen LogP contribution in [0.5, 0.6) is 0 Å². The number of hydrogen-bond acceptors (Lipinski definition) is 4. The van der Waals surface area contributed by atoms with Crippen LogP contribution in [0.4, 0.5) is 15.8 Å². The minimum Gasteiger partial charge on any atom is -0.368 e. The van der Waals surface area contributed by atoms with Crippen LogP contribution in [-0.2, 0) is 0 Å². The van der Waals surface area contributed by atoms with Crippen molar-refractivity contribution in [1.82, 2.24) is 0 Å². The highest BCUT2D eigenvalue weighted by molar-refractivity contribution is 5.68. The van der Waals surface area contributed by atoms with E-state index in [0.29, 0.717) is 24.2 Å². The summed E-state index contributed by atoms with van der Waals surface area (Å²) in [5, 5.41) is 18.6. The van der Waals surface area contributed by atoms with Gasteiger partial charge in [0.15, 0.2) is 0 Å². The number of halogens is 1. The molecule has 1 aliphatic heterocycles. The molecule has 0 aliphatic carbocycles. The number of anilines is 2. The second-order valence-electron chi connectivity index (χ2n) is 5.38. The lowest BCUT2D eigenvalue weighted by atomic mass is 10.1. The fourth-order valence-electron chi connectivity index (χ4n) is 2.90. The van der Waals surface area contributed by atoms with Crippen molar-refractivity contribution in [1.29, 1.82) is 10.5 Å². The molecule has 1 fully saturated rings. The van der Waals surface area contributed by atoms with Gasteiger partial charge in [-0.25, -0.2) is 4.39 Å². The van der Waals surface area contributed by atoms with E-state index in [0.717, 1.165) is 24.5 Å². The molecule has 0 amide bonds. The van der Waals surface area contributed by atoms with E-state index in [-0.39, 0.29) is 5.82 Å². The van der Waals surface area contributed by atoms with Crippen LogP contribution in [0.3, 0.4) is 0 Å². The quantitative estimate of drug-likeness (QED) is 0.856. The van der Waals surface area contributed by atoms with Crippen LogP contribution in [0.2, 0.25) is 0 Å². The number of hydrogen-bond donors (Lipinski definition) is 0. The maximum absolute atomic E-state index is 13.0. The summed E-state index contributed by atoms with van der Waals surface area (Å²) < 4.78 is 13.0. The molecule has 0 saturated carbocycles. The summed E-state index contributed by atoms with van der Waals surface area (Å²) in [5.41, 5.74) is 2.76. The predicted octanol–water partition coefficient (Wildman–Crippen LogP) is 2.90. The lowest BCUT2D eigenvalue weighted by molar-refractivity contribution is 0.624. The van der Waals surface area contributed by atoms with Gasteiger partial charge in [-0.1, -0.05) is 6.07 Å². The highest BCUT2D eigenvalue weighted by Crippen LogP contribution is 2.27. The summed E-state index contributed by atoms with van der Waals surface area (Å²) in [5.74, 6) is -0.242. The maximum atomic E-state index is 13.0. The molecule has 2 aromatic rings. The third-order valence-electron chi connectivity index (χ3n) is 4.06. The van der Waals surface area contributed by atoms with E-state index in [1.165, 1.54) is 12.1 Å². The summed E-state index contributed by atoms with van der Waals surface area (Å²) in [6.07, 6.45) is 0. The van der Waals surface area contributed by atoms with Gasteiger partial charge >= 0.3 is 0 Å². The minimum atomic E-state index is -0.242. The van der Waals surface area contributed by atoms with Crippen LogP contribution in [0.1, 0.15) is 11.1 Å². The van der Waals surface area contributed by atoms with Crippen molar-refractivity contribution in [3.8, 4) is 12.1 Å². The fourth-order valence-corrected chi connectivity index (χ4v) is 2.90. The number of benzene rings is 2. The Morgan fingerprint density at radius 1 is 0.783 bits per heavy atom. The molecule has 0 bridgehead atoms. The number of rotatable bonds is 2.